The maximum absolute atomic E-state index is 12.6. The molecule has 1 atom stereocenters. The molecule has 0 radical (unpaired) electrons. The molecule has 1 saturated heterocycles. The Bertz CT molecular complexity index is 681. The van der Waals surface area contributed by atoms with E-state index in [1.54, 1.807) is 24.1 Å². The van der Waals surface area contributed by atoms with Crippen LogP contribution in [0.5, 0.6) is 5.75 Å². The number of nitrogens with two attached hydrogens (primary N) is 1. The first-order valence-electron chi connectivity index (χ1n) is 6.91. The molecular formula is C15H18N4O2. The van der Waals surface area contributed by atoms with E-state index in [9.17, 15) is 4.79 Å². The minimum Gasteiger partial charge on any atom is -0.497 e. The van der Waals surface area contributed by atoms with E-state index in [0.717, 1.165) is 24.4 Å². The van der Waals surface area contributed by atoms with Crippen molar-refractivity contribution in [2.75, 3.05) is 25.1 Å². The lowest BCUT2D eigenvalue weighted by Gasteiger charge is -2.17. The molecule has 2 N–H and O–H groups in total. The second-order valence-electron chi connectivity index (χ2n) is 5.12. The van der Waals surface area contributed by atoms with E-state index in [-0.39, 0.29) is 11.6 Å². The summed E-state index contributed by atoms with van der Waals surface area (Å²) in [6.45, 7) is 1.45. The van der Waals surface area contributed by atoms with Gasteiger partial charge in [-0.05, 0) is 30.7 Å². The number of nitrogens with zero attached hydrogens (tertiary/aromatic N) is 3. The standard InChI is InChI=1S/C15H18N4O2/c1-21-13-4-2-12(3-5-13)19-9-7-17-14(15(19)20)18-8-6-11(16)10-18/h2-5,7,9,11H,6,8,10,16H2,1H3/t11-/m0/s1. The summed E-state index contributed by atoms with van der Waals surface area (Å²) < 4.78 is 6.72. The topological polar surface area (TPSA) is 73.4 Å². The van der Waals surface area contributed by atoms with Crippen molar-refractivity contribution in [2.24, 2.45) is 5.73 Å². The molecule has 1 aliphatic heterocycles. The van der Waals surface area contributed by atoms with Gasteiger partial charge in [-0.15, -0.1) is 0 Å². The summed E-state index contributed by atoms with van der Waals surface area (Å²) in [5.41, 5.74) is 6.56. The van der Waals surface area contributed by atoms with Crippen molar-refractivity contribution in [3.8, 4) is 11.4 Å². The molecule has 0 saturated carbocycles. The molecule has 110 valence electrons. The molecule has 0 unspecified atom stereocenters. The van der Waals surface area contributed by atoms with E-state index in [0.29, 0.717) is 12.4 Å². The fraction of sp³-hybridized carbons (Fsp3) is 0.333. The van der Waals surface area contributed by atoms with Crippen molar-refractivity contribution < 1.29 is 4.74 Å². The molecule has 0 bridgehead atoms. The normalized spacial score (nSPS) is 18.0. The van der Waals surface area contributed by atoms with Gasteiger partial charge in [0.05, 0.1) is 7.11 Å². The predicted octanol–water partition coefficient (Wildman–Crippen LogP) is 0.779. The zero-order chi connectivity index (χ0) is 14.8. The fourth-order valence-electron chi connectivity index (χ4n) is 2.54. The smallest absolute Gasteiger partial charge is 0.298 e. The van der Waals surface area contributed by atoms with Gasteiger partial charge in [-0.3, -0.25) is 9.36 Å². The van der Waals surface area contributed by atoms with Gasteiger partial charge in [0, 0.05) is 37.2 Å². The quantitative estimate of drug-likeness (QED) is 0.902. The van der Waals surface area contributed by atoms with Crippen molar-refractivity contribution in [1.82, 2.24) is 9.55 Å². The highest BCUT2D eigenvalue weighted by molar-refractivity contribution is 5.43. The first kappa shape index (κ1) is 13.6. The summed E-state index contributed by atoms with van der Waals surface area (Å²) in [6.07, 6.45) is 4.20. The summed E-state index contributed by atoms with van der Waals surface area (Å²) in [6, 6.07) is 7.46. The average Bonchev–Trinajstić information content (AvgIpc) is 2.94. The molecular weight excluding hydrogens is 268 g/mol. The Balaban J connectivity index is 1.98. The van der Waals surface area contributed by atoms with Crippen LogP contribution in [0, 0.1) is 0 Å². The molecule has 21 heavy (non-hydrogen) atoms. The van der Waals surface area contributed by atoms with Crippen LogP contribution in [0.25, 0.3) is 5.69 Å². The molecule has 2 heterocycles. The molecule has 6 heteroatoms. The van der Waals surface area contributed by atoms with Gasteiger partial charge in [-0.2, -0.15) is 0 Å². The third-order valence-corrected chi connectivity index (χ3v) is 3.70. The number of hydrogen-bond acceptors (Lipinski definition) is 5. The van der Waals surface area contributed by atoms with Crippen LogP contribution in [0.2, 0.25) is 0 Å². The van der Waals surface area contributed by atoms with Crippen molar-refractivity contribution in [2.45, 2.75) is 12.5 Å². The predicted molar refractivity (Wildman–Crippen MR) is 81.2 cm³/mol. The van der Waals surface area contributed by atoms with E-state index in [1.165, 1.54) is 0 Å². The number of anilines is 1. The number of benzene rings is 1. The highest BCUT2D eigenvalue weighted by atomic mass is 16.5. The van der Waals surface area contributed by atoms with E-state index in [1.807, 2.05) is 29.2 Å². The maximum atomic E-state index is 12.6. The molecule has 1 fully saturated rings. The SMILES string of the molecule is COc1ccc(-n2ccnc(N3CC[C@H](N)C3)c2=O)cc1. The van der Waals surface area contributed by atoms with Crippen LogP contribution in [0.15, 0.2) is 41.5 Å². The monoisotopic (exact) mass is 286 g/mol. The van der Waals surface area contributed by atoms with Crippen LogP contribution in [-0.2, 0) is 0 Å². The van der Waals surface area contributed by atoms with Gasteiger partial charge in [0.25, 0.3) is 5.56 Å². The van der Waals surface area contributed by atoms with Crippen LogP contribution >= 0.6 is 0 Å². The fourth-order valence-corrected chi connectivity index (χ4v) is 2.54. The first-order chi connectivity index (χ1) is 10.2. The van der Waals surface area contributed by atoms with Crippen LogP contribution in [0.1, 0.15) is 6.42 Å². The molecule has 0 aliphatic carbocycles. The van der Waals surface area contributed by atoms with Crippen molar-refractivity contribution >= 4 is 5.82 Å². The molecule has 2 aromatic rings. The molecule has 0 amide bonds. The summed E-state index contributed by atoms with van der Waals surface area (Å²) in [7, 11) is 1.61. The number of methoxy groups -OCH3 is 1. The third-order valence-electron chi connectivity index (χ3n) is 3.70. The van der Waals surface area contributed by atoms with Crippen molar-refractivity contribution in [1.29, 1.82) is 0 Å². The zero-order valence-electron chi connectivity index (χ0n) is 11.9. The van der Waals surface area contributed by atoms with Crippen LogP contribution < -0.4 is 20.9 Å². The third kappa shape index (κ3) is 2.62. The minimum absolute atomic E-state index is 0.112. The Kier molecular flexibility index (Phi) is 3.62. The minimum atomic E-state index is -0.128. The number of ether oxygens (including phenoxy) is 1. The molecule has 0 spiro atoms. The number of aromatic nitrogens is 2. The second-order valence-corrected chi connectivity index (χ2v) is 5.12. The van der Waals surface area contributed by atoms with Crippen LogP contribution in [0.4, 0.5) is 5.82 Å². The van der Waals surface area contributed by atoms with E-state index in [2.05, 4.69) is 4.98 Å². The van der Waals surface area contributed by atoms with Crippen molar-refractivity contribution in [3.05, 3.63) is 47.0 Å². The summed E-state index contributed by atoms with van der Waals surface area (Å²) in [5.74, 6) is 1.22. The van der Waals surface area contributed by atoms with Crippen LogP contribution in [-0.4, -0.2) is 35.8 Å². The van der Waals surface area contributed by atoms with Gasteiger partial charge in [0.2, 0.25) is 0 Å². The van der Waals surface area contributed by atoms with Gasteiger partial charge < -0.3 is 15.4 Å². The molecule has 3 rings (SSSR count). The summed E-state index contributed by atoms with van der Waals surface area (Å²) in [4.78, 5) is 18.8. The van der Waals surface area contributed by atoms with E-state index in [4.69, 9.17) is 10.5 Å². The second kappa shape index (κ2) is 5.57. The molecule has 6 nitrogen and oxygen atoms in total. The maximum Gasteiger partial charge on any atom is 0.298 e. The Labute approximate surface area is 122 Å². The van der Waals surface area contributed by atoms with E-state index >= 15 is 0 Å². The van der Waals surface area contributed by atoms with Crippen molar-refractivity contribution in [3.63, 3.8) is 0 Å². The summed E-state index contributed by atoms with van der Waals surface area (Å²) >= 11 is 0. The molecule has 1 aromatic heterocycles. The largest absolute Gasteiger partial charge is 0.497 e. The Morgan fingerprint density at radius 2 is 2.10 bits per heavy atom. The lowest BCUT2D eigenvalue weighted by atomic mass is 10.3. The van der Waals surface area contributed by atoms with Gasteiger partial charge in [-0.1, -0.05) is 0 Å². The number of rotatable bonds is 3. The number of hydrogen-bond donors (Lipinski definition) is 1. The van der Waals surface area contributed by atoms with E-state index < -0.39 is 0 Å². The van der Waals surface area contributed by atoms with Crippen LogP contribution in [0.3, 0.4) is 0 Å². The average molecular weight is 286 g/mol. The van der Waals surface area contributed by atoms with Gasteiger partial charge >= 0.3 is 0 Å². The van der Waals surface area contributed by atoms with Gasteiger partial charge in [0.15, 0.2) is 5.82 Å². The zero-order valence-corrected chi connectivity index (χ0v) is 11.9. The summed E-state index contributed by atoms with van der Waals surface area (Å²) in [5, 5.41) is 0. The highest BCUT2D eigenvalue weighted by Gasteiger charge is 2.23. The lowest BCUT2D eigenvalue weighted by Crippen LogP contribution is -2.33. The van der Waals surface area contributed by atoms with Gasteiger partial charge in [-0.25, -0.2) is 4.98 Å². The Morgan fingerprint density at radius 3 is 2.71 bits per heavy atom. The Morgan fingerprint density at radius 1 is 1.33 bits per heavy atom. The Hall–Kier alpha value is -2.34. The van der Waals surface area contributed by atoms with Gasteiger partial charge in [0.1, 0.15) is 5.75 Å². The molecule has 1 aliphatic rings. The lowest BCUT2D eigenvalue weighted by molar-refractivity contribution is 0.414. The molecule has 1 aromatic carbocycles. The highest BCUT2D eigenvalue weighted by Crippen LogP contribution is 2.16. The first-order valence-corrected chi connectivity index (χ1v) is 6.91.